The molecule has 1 aliphatic heterocycles. The minimum Gasteiger partial charge on any atom is -0.481 e. The molecule has 0 saturated carbocycles. The van der Waals surface area contributed by atoms with Crippen molar-refractivity contribution in [3.63, 3.8) is 0 Å². The number of carbonyl (C=O) groups is 3. The maximum absolute atomic E-state index is 13.0. The van der Waals surface area contributed by atoms with Crippen LogP contribution in [0.2, 0.25) is 0 Å². The van der Waals surface area contributed by atoms with Crippen molar-refractivity contribution < 1.29 is 23.9 Å². The van der Waals surface area contributed by atoms with E-state index in [9.17, 15) is 14.4 Å². The molecule has 1 heterocycles. The maximum atomic E-state index is 13.0. The highest BCUT2D eigenvalue weighted by Gasteiger charge is 2.34. The molecular formula is C25H22N2O5. The lowest BCUT2D eigenvalue weighted by atomic mass is 10.0. The van der Waals surface area contributed by atoms with Crippen molar-refractivity contribution in [3.8, 4) is 5.75 Å². The highest BCUT2D eigenvalue weighted by atomic mass is 16.6. The van der Waals surface area contributed by atoms with Crippen LogP contribution in [0.1, 0.15) is 19.4 Å². The van der Waals surface area contributed by atoms with E-state index in [1.807, 2.05) is 36.4 Å². The van der Waals surface area contributed by atoms with Crippen LogP contribution in [0, 0.1) is 0 Å². The van der Waals surface area contributed by atoms with Crippen LogP contribution in [-0.2, 0) is 19.1 Å². The molecule has 32 heavy (non-hydrogen) atoms. The minimum absolute atomic E-state index is 0.0280. The Labute approximate surface area is 185 Å². The van der Waals surface area contributed by atoms with Gasteiger partial charge in [0, 0.05) is 5.56 Å². The maximum Gasteiger partial charge on any atom is 0.344 e. The molecule has 7 heteroatoms. The largest absolute Gasteiger partial charge is 0.481 e. The number of rotatable bonds is 6. The van der Waals surface area contributed by atoms with Gasteiger partial charge in [0.1, 0.15) is 11.3 Å². The van der Waals surface area contributed by atoms with Gasteiger partial charge in [-0.3, -0.25) is 15.0 Å². The topological polar surface area (TPSA) is 84.9 Å². The molecular weight excluding hydrogens is 408 g/mol. The van der Waals surface area contributed by atoms with Gasteiger partial charge in [0.25, 0.3) is 11.8 Å². The molecule has 1 N–H and O–H groups in total. The van der Waals surface area contributed by atoms with E-state index >= 15 is 0 Å². The Morgan fingerprint density at radius 3 is 2.47 bits per heavy atom. The minimum atomic E-state index is -0.517. The fraction of sp³-hybridized carbons (Fsp3) is 0.160. The zero-order valence-corrected chi connectivity index (χ0v) is 17.7. The summed E-state index contributed by atoms with van der Waals surface area (Å²) in [5, 5.41) is 2.90. The Hall–Kier alpha value is -4.13. The smallest absolute Gasteiger partial charge is 0.344 e. The second-order valence-corrected chi connectivity index (χ2v) is 7.50. The van der Waals surface area contributed by atoms with Crippen LogP contribution in [0.15, 0.2) is 72.3 Å². The van der Waals surface area contributed by atoms with E-state index in [2.05, 4.69) is 5.43 Å². The van der Waals surface area contributed by atoms with Crippen molar-refractivity contribution in [2.45, 2.75) is 20.0 Å². The normalized spacial score (nSPS) is 14.8. The molecule has 0 aromatic heterocycles. The zero-order chi connectivity index (χ0) is 22.7. The highest BCUT2D eigenvalue weighted by Crippen LogP contribution is 2.32. The monoisotopic (exact) mass is 430 g/mol. The lowest BCUT2D eigenvalue weighted by molar-refractivity contribution is -0.149. The van der Waals surface area contributed by atoms with Gasteiger partial charge in [0.15, 0.2) is 6.61 Å². The molecule has 162 valence electrons. The Morgan fingerprint density at radius 1 is 1.00 bits per heavy atom. The van der Waals surface area contributed by atoms with Gasteiger partial charge in [-0.25, -0.2) is 9.80 Å². The SMILES string of the molecule is CC(C)OC(=O)COc1ccc2ccccc2c1/C=C1/C(=O)NN(c2ccccc2)C1=O. The summed E-state index contributed by atoms with van der Waals surface area (Å²) in [5.41, 5.74) is 3.65. The van der Waals surface area contributed by atoms with Crippen molar-refractivity contribution in [1.82, 2.24) is 5.43 Å². The van der Waals surface area contributed by atoms with Crippen LogP contribution in [0.4, 0.5) is 5.69 Å². The number of para-hydroxylation sites is 1. The molecule has 0 unspecified atom stereocenters. The van der Waals surface area contributed by atoms with Gasteiger partial charge in [-0.1, -0.05) is 48.5 Å². The second kappa shape index (κ2) is 8.93. The summed E-state index contributed by atoms with van der Waals surface area (Å²) in [5.74, 6) is -1.12. The second-order valence-electron chi connectivity index (χ2n) is 7.50. The average molecular weight is 430 g/mol. The van der Waals surface area contributed by atoms with Gasteiger partial charge in [0.2, 0.25) is 0 Å². The summed E-state index contributed by atoms with van der Waals surface area (Å²) in [6.45, 7) is 3.22. The number of esters is 1. The van der Waals surface area contributed by atoms with Crippen molar-refractivity contribution in [2.24, 2.45) is 0 Å². The first-order chi connectivity index (χ1) is 15.4. The quantitative estimate of drug-likeness (QED) is 0.367. The molecule has 1 aliphatic rings. The number of anilines is 1. The first-order valence-electron chi connectivity index (χ1n) is 10.2. The van der Waals surface area contributed by atoms with E-state index in [1.54, 1.807) is 44.2 Å². The van der Waals surface area contributed by atoms with Crippen molar-refractivity contribution in [3.05, 3.63) is 77.9 Å². The van der Waals surface area contributed by atoms with E-state index < -0.39 is 17.8 Å². The fourth-order valence-corrected chi connectivity index (χ4v) is 3.44. The standard InChI is InChI=1S/C25H22N2O5/c1-16(2)32-23(28)15-31-22-13-12-17-8-6-7-11-19(17)20(22)14-21-24(29)26-27(25(21)30)18-9-4-3-5-10-18/h3-14,16H,15H2,1-2H3,(H,26,29)/b21-14-. The number of fused-ring (bicyclic) bond motifs is 1. The molecule has 3 aromatic carbocycles. The van der Waals surface area contributed by atoms with Gasteiger partial charge in [-0.05, 0) is 48.9 Å². The highest BCUT2D eigenvalue weighted by molar-refractivity contribution is 6.32. The summed E-state index contributed by atoms with van der Waals surface area (Å²) >= 11 is 0. The van der Waals surface area contributed by atoms with Gasteiger partial charge < -0.3 is 9.47 Å². The van der Waals surface area contributed by atoms with Crippen molar-refractivity contribution in [1.29, 1.82) is 0 Å². The van der Waals surface area contributed by atoms with Gasteiger partial charge in [-0.15, -0.1) is 0 Å². The van der Waals surface area contributed by atoms with Crippen LogP contribution in [-0.4, -0.2) is 30.5 Å². The average Bonchev–Trinajstić information content (AvgIpc) is 3.07. The fourth-order valence-electron chi connectivity index (χ4n) is 3.44. The van der Waals surface area contributed by atoms with E-state index in [4.69, 9.17) is 9.47 Å². The molecule has 3 aromatic rings. The summed E-state index contributed by atoms with van der Waals surface area (Å²) in [6, 6.07) is 19.9. The molecule has 4 rings (SSSR count). The number of hydrogen-bond acceptors (Lipinski definition) is 5. The molecule has 0 radical (unpaired) electrons. The lowest BCUT2D eigenvalue weighted by Gasteiger charge is -2.14. The molecule has 0 aliphatic carbocycles. The Balaban J connectivity index is 1.72. The van der Waals surface area contributed by atoms with Crippen LogP contribution < -0.4 is 15.2 Å². The third-order valence-corrected chi connectivity index (χ3v) is 4.84. The third kappa shape index (κ3) is 4.32. The number of nitrogens with zero attached hydrogens (tertiary/aromatic N) is 1. The number of carbonyl (C=O) groups excluding carboxylic acids is 3. The van der Waals surface area contributed by atoms with E-state index in [0.29, 0.717) is 17.0 Å². The predicted octanol–water partition coefficient (Wildman–Crippen LogP) is 3.63. The van der Waals surface area contributed by atoms with Gasteiger partial charge >= 0.3 is 5.97 Å². The van der Waals surface area contributed by atoms with E-state index in [0.717, 1.165) is 10.8 Å². The Bertz CT molecular complexity index is 1220. The number of hydrazine groups is 1. The van der Waals surface area contributed by atoms with Gasteiger partial charge in [-0.2, -0.15) is 0 Å². The number of ether oxygens (including phenoxy) is 2. The number of benzene rings is 3. The first kappa shape index (κ1) is 21.1. The van der Waals surface area contributed by atoms with Gasteiger partial charge in [0.05, 0.1) is 11.8 Å². The van der Waals surface area contributed by atoms with Crippen LogP contribution in [0.5, 0.6) is 5.75 Å². The van der Waals surface area contributed by atoms with E-state index in [1.165, 1.54) is 11.1 Å². The molecule has 1 fully saturated rings. The van der Waals surface area contributed by atoms with Crippen LogP contribution in [0.25, 0.3) is 16.8 Å². The molecule has 0 bridgehead atoms. The number of amides is 2. The molecule has 2 amide bonds. The third-order valence-electron chi connectivity index (χ3n) is 4.84. The van der Waals surface area contributed by atoms with Crippen LogP contribution >= 0.6 is 0 Å². The zero-order valence-electron chi connectivity index (χ0n) is 17.7. The van der Waals surface area contributed by atoms with Crippen molar-refractivity contribution in [2.75, 3.05) is 11.6 Å². The van der Waals surface area contributed by atoms with Crippen LogP contribution in [0.3, 0.4) is 0 Å². The van der Waals surface area contributed by atoms with E-state index in [-0.39, 0.29) is 18.3 Å². The molecule has 1 saturated heterocycles. The lowest BCUT2D eigenvalue weighted by Crippen LogP contribution is -2.35. The Morgan fingerprint density at radius 2 is 1.72 bits per heavy atom. The Kier molecular flexibility index (Phi) is 5.89. The molecule has 0 spiro atoms. The molecule has 7 nitrogen and oxygen atoms in total. The van der Waals surface area contributed by atoms with Crippen molar-refractivity contribution >= 4 is 40.3 Å². The predicted molar refractivity (Wildman–Crippen MR) is 121 cm³/mol. The number of hydrogen-bond donors (Lipinski definition) is 1. The summed E-state index contributed by atoms with van der Waals surface area (Å²) in [6.07, 6.45) is 1.25. The summed E-state index contributed by atoms with van der Waals surface area (Å²) in [7, 11) is 0. The summed E-state index contributed by atoms with van der Waals surface area (Å²) in [4.78, 5) is 37.6. The molecule has 0 atom stereocenters. The summed E-state index contributed by atoms with van der Waals surface area (Å²) < 4.78 is 10.9. The number of nitrogens with one attached hydrogen (secondary N) is 1. The first-order valence-corrected chi connectivity index (χ1v) is 10.2.